The smallest absolute Gasteiger partial charge is 0.407 e. The minimum absolute atomic E-state index is 0.0788. The van der Waals surface area contributed by atoms with Gasteiger partial charge in [-0.2, -0.15) is 0 Å². The quantitative estimate of drug-likeness (QED) is 0.417. The molecule has 0 saturated heterocycles. The highest BCUT2D eigenvalue weighted by Gasteiger charge is 2.49. The molecular formula is C29H34N2O7SSi. The molecule has 0 unspecified atom stereocenters. The molecule has 0 aromatic heterocycles. The summed E-state index contributed by atoms with van der Waals surface area (Å²) in [4.78, 5) is 25.7. The molecule has 2 aromatic rings. The molecule has 2 N–H and O–H groups in total. The summed E-state index contributed by atoms with van der Waals surface area (Å²) in [6.45, 7) is 8.99. The molecule has 212 valence electrons. The van der Waals surface area contributed by atoms with Gasteiger partial charge in [-0.25, -0.2) is 17.9 Å². The maximum atomic E-state index is 13.0. The molecule has 3 aliphatic rings. The van der Waals surface area contributed by atoms with Crippen LogP contribution in [-0.4, -0.2) is 48.3 Å². The number of aryl methyl sites for hydroxylation is 1. The third-order valence-corrected chi connectivity index (χ3v) is 10.7. The van der Waals surface area contributed by atoms with E-state index in [9.17, 15) is 18.0 Å². The fourth-order valence-electron chi connectivity index (χ4n) is 5.30. The molecule has 0 spiro atoms. The molecule has 1 heterocycles. The third-order valence-electron chi connectivity index (χ3n) is 7.48. The molecule has 0 bridgehead atoms. The third kappa shape index (κ3) is 5.58. The minimum Gasteiger partial charge on any atom is -0.454 e. The zero-order chi connectivity index (χ0) is 28.7. The summed E-state index contributed by atoms with van der Waals surface area (Å²) in [6, 6.07) is 10.5. The lowest BCUT2D eigenvalue weighted by Gasteiger charge is -2.32. The number of amides is 1. The maximum Gasteiger partial charge on any atom is 0.407 e. The van der Waals surface area contributed by atoms with Crippen molar-refractivity contribution in [1.29, 1.82) is 0 Å². The summed E-state index contributed by atoms with van der Waals surface area (Å²) in [6.07, 6.45) is 4.54. The van der Waals surface area contributed by atoms with Crippen molar-refractivity contribution in [1.82, 2.24) is 10.0 Å². The molecular weight excluding hydrogens is 548 g/mol. The molecule has 5 rings (SSSR count). The van der Waals surface area contributed by atoms with Crippen molar-refractivity contribution in [3.05, 3.63) is 76.9 Å². The van der Waals surface area contributed by atoms with Gasteiger partial charge in [0.15, 0.2) is 17.3 Å². The zero-order valence-corrected chi connectivity index (χ0v) is 24.9. The molecule has 0 fully saturated rings. The molecule has 9 nitrogen and oxygen atoms in total. The summed E-state index contributed by atoms with van der Waals surface area (Å²) < 4.78 is 45.5. The van der Waals surface area contributed by atoms with Crippen LogP contribution < -0.4 is 19.5 Å². The van der Waals surface area contributed by atoms with E-state index in [1.165, 1.54) is 12.2 Å². The van der Waals surface area contributed by atoms with Crippen LogP contribution in [0, 0.1) is 6.92 Å². The highest BCUT2D eigenvalue weighted by molar-refractivity contribution is 7.89. The Morgan fingerprint density at radius 2 is 1.82 bits per heavy atom. The van der Waals surface area contributed by atoms with Crippen LogP contribution in [0.2, 0.25) is 25.7 Å². The van der Waals surface area contributed by atoms with Crippen molar-refractivity contribution in [3.63, 3.8) is 0 Å². The lowest BCUT2D eigenvalue weighted by Crippen LogP contribution is -2.36. The summed E-state index contributed by atoms with van der Waals surface area (Å²) in [5, 5.41) is 2.96. The van der Waals surface area contributed by atoms with E-state index in [-0.39, 0.29) is 24.0 Å². The average molecular weight is 583 g/mol. The second-order valence-electron chi connectivity index (χ2n) is 11.6. The van der Waals surface area contributed by atoms with E-state index in [1.54, 1.807) is 30.3 Å². The Hall–Kier alpha value is -3.41. The van der Waals surface area contributed by atoms with Gasteiger partial charge in [0.25, 0.3) is 0 Å². The normalized spacial score (nSPS) is 21.1. The van der Waals surface area contributed by atoms with Crippen LogP contribution in [0.1, 0.15) is 29.2 Å². The van der Waals surface area contributed by atoms with E-state index in [1.807, 2.05) is 19.1 Å². The van der Waals surface area contributed by atoms with E-state index in [0.717, 1.165) is 22.7 Å². The Morgan fingerprint density at radius 1 is 1.12 bits per heavy atom. The van der Waals surface area contributed by atoms with Gasteiger partial charge in [0.05, 0.1) is 17.5 Å². The second kappa shape index (κ2) is 10.5. The van der Waals surface area contributed by atoms with Crippen LogP contribution in [-0.2, 0) is 25.0 Å². The Kier molecular flexibility index (Phi) is 7.40. The van der Waals surface area contributed by atoms with E-state index < -0.39 is 35.6 Å². The standard InChI is InChI=1S/C29H34N2O7SSi/c1-19-5-7-21(8-6-19)39(34,35)30-12-11-29-10-9-20(32)15-24(29)27(31-28(33)36-13-14-40(2,3)4)22-16-25-26(17-23(22)29)38-18-37-25/h5-10,15-17,27,30H,11-14,18H2,1-4H3,(H,31,33)/t27-,29-/m1/s1. The summed E-state index contributed by atoms with van der Waals surface area (Å²) in [5.41, 5.74) is 2.32. The topological polar surface area (TPSA) is 120 Å². The molecule has 0 radical (unpaired) electrons. The number of hydrogen-bond acceptors (Lipinski definition) is 7. The first-order chi connectivity index (χ1) is 18.9. The first-order valence-corrected chi connectivity index (χ1v) is 18.5. The molecule has 2 aromatic carbocycles. The van der Waals surface area contributed by atoms with E-state index in [4.69, 9.17) is 14.2 Å². The van der Waals surface area contributed by atoms with Crippen LogP contribution in [0.3, 0.4) is 0 Å². The predicted octanol–water partition coefficient (Wildman–Crippen LogP) is 4.51. The van der Waals surface area contributed by atoms with E-state index >= 15 is 0 Å². The number of ether oxygens (including phenoxy) is 3. The molecule has 2 aliphatic carbocycles. The summed E-state index contributed by atoms with van der Waals surface area (Å²) in [7, 11) is -5.16. The average Bonchev–Trinajstić information content (AvgIpc) is 3.43. The number of carbonyl (C=O) groups excluding carboxylic acids is 2. The number of fused-ring (bicyclic) bond motifs is 4. The number of ketones is 1. The van der Waals surface area contributed by atoms with Crippen molar-refractivity contribution in [2.24, 2.45) is 0 Å². The Balaban J connectivity index is 1.44. The van der Waals surface area contributed by atoms with Crippen LogP contribution in [0.25, 0.3) is 0 Å². The van der Waals surface area contributed by atoms with Gasteiger partial charge in [-0.15, -0.1) is 0 Å². The van der Waals surface area contributed by atoms with Gasteiger partial charge in [-0.1, -0.05) is 43.4 Å². The van der Waals surface area contributed by atoms with Crippen LogP contribution in [0.15, 0.2) is 65.1 Å². The highest BCUT2D eigenvalue weighted by atomic mass is 32.2. The molecule has 40 heavy (non-hydrogen) atoms. The fraction of sp³-hybridized carbons (Fsp3) is 0.379. The van der Waals surface area contributed by atoms with Gasteiger partial charge in [-0.3, -0.25) is 4.79 Å². The van der Waals surface area contributed by atoms with Crippen molar-refractivity contribution in [2.45, 2.75) is 55.4 Å². The van der Waals surface area contributed by atoms with E-state index in [0.29, 0.717) is 30.1 Å². The van der Waals surface area contributed by atoms with Gasteiger partial charge in [0.1, 0.15) is 0 Å². The Labute approximate surface area is 235 Å². The van der Waals surface area contributed by atoms with Gasteiger partial charge < -0.3 is 19.5 Å². The van der Waals surface area contributed by atoms with Gasteiger partial charge in [0, 0.05) is 20.0 Å². The van der Waals surface area contributed by atoms with Crippen molar-refractivity contribution >= 4 is 30.0 Å². The number of carbonyl (C=O) groups is 2. The fourth-order valence-corrected chi connectivity index (χ4v) is 7.04. The van der Waals surface area contributed by atoms with Crippen LogP contribution >= 0.6 is 0 Å². The molecule has 0 saturated carbocycles. The lowest BCUT2D eigenvalue weighted by atomic mass is 9.72. The largest absolute Gasteiger partial charge is 0.454 e. The van der Waals surface area contributed by atoms with Gasteiger partial charge in [-0.05, 0) is 72.5 Å². The lowest BCUT2D eigenvalue weighted by molar-refractivity contribution is -0.110. The number of sulfonamides is 1. The number of alkyl carbamates (subject to hydrolysis) is 1. The number of nitrogens with one attached hydrogen (secondary N) is 2. The summed E-state index contributed by atoms with van der Waals surface area (Å²) >= 11 is 0. The van der Waals surface area contributed by atoms with Crippen molar-refractivity contribution in [3.8, 4) is 11.5 Å². The predicted molar refractivity (Wildman–Crippen MR) is 153 cm³/mol. The molecule has 2 atom stereocenters. The molecule has 1 aliphatic heterocycles. The summed E-state index contributed by atoms with van der Waals surface area (Å²) in [5.74, 6) is 0.890. The minimum atomic E-state index is -3.75. The first kappa shape index (κ1) is 28.1. The molecule has 1 amide bonds. The number of allylic oxidation sites excluding steroid dienone is 3. The Bertz CT molecular complexity index is 1510. The van der Waals surface area contributed by atoms with Crippen molar-refractivity contribution < 1.29 is 32.2 Å². The van der Waals surface area contributed by atoms with Crippen molar-refractivity contribution in [2.75, 3.05) is 19.9 Å². The van der Waals surface area contributed by atoms with Gasteiger partial charge >= 0.3 is 6.09 Å². The Morgan fingerprint density at radius 3 is 2.52 bits per heavy atom. The second-order valence-corrected chi connectivity index (χ2v) is 19.0. The SMILES string of the molecule is Cc1ccc(S(=O)(=O)NCC[C@@]23C=CC(=O)C=C2[C@H](NC(=O)OCC[Si](C)(C)C)c2cc4c(cc23)OCO4)cc1. The van der Waals surface area contributed by atoms with Crippen LogP contribution in [0.4, 0.5) is 4.79 Å². The maximum absolute atomic E-state index is 13.0. The monoisotopic (exact) mass is 582 g/mol. The van der Waals surface area contributed by atoms with E-state index in [2.05, 4.69) is 29.7 Å². The van der Waals surface area contributed by atoms with Gasteiger partial charge in [0.2, 0.25) is 16.8 Å². The highest BCUT2D eigenvalue weighted by Crippen LogP contribution is 2.56. The molecule has 11 heteroatoms. The number of rotatable bonds is 9. The number of benzene rings is 2. The first-order valence-electron chi connectivity index (χ1n) is 13.3. The number of hydrogen-bond donors (Lipinski definition) is 2. The zero-order valence-electron chi connectivity index (χ0n) is 23.1. The van der Waals surface area contributed by atoms with Crippen LogP contribution in [0.5, 0.6) is 11.5 Å².